The summed E-state index contributed by atoms with van der Waals surface area (Å²) >= 11 is 0. The molecule has 0 radical (unpaired) electrons. The first-order valence-corrected chi connectivity index (χ1v) is 20.7. The second kappa shape index (κ2) is 23.8. The van der Waals surface area contributed by atoms with Crippen molar-refractivity contribution in [3.05, 3.63) is 72.3 Å². The largest absolute Gasteiger partial charge is 0.514 e. The average Bonchev–Trinajstić information content (AvgIpc) is 3.77. The van der Waals surface area contributed by atoms with Crippen molar-refractivity contribution in [2.75, 3.05) is 27.2 Å². The van der Waals surface area contributed by atoms with Gasteiger partial charge in [0.25, 0.3) is 0 Å². The number of nitrogens with zero attached hydrogens (tertiary/aromatic N) is 2. The molecule has 2 saturated heterocycles. The van der Waals surface area contributed by atoms with Crippen LogP contribution in [0.1, 0.15) is 137 Å². The number of rotatable bonds is 24. The summed E-state index contributed by atoms with van der Waals surface area (Å²) < 4.78 is 20.4. The van der Waals surface area contributed by atoms with E-state index in [1.54, 1.807) is 63.7 Å². The minimum absolute atomic E-state index is 0.0140. The molecule has 10 heteroatoms. The van der Waals surface area contributed by atoms with Crippen LogP contribution in [0.15, 0.2) is 72.3 Å². The van der Waals surface area contributed by atoms with Gasteiger partial charge in [-0.1, -0.05) is 62.1 Å². The van der Waals surface area contributed by atoms with E-state index >= 15 is 0 Å². The minimum Gasteiger partial charge on any atom is -0.420 e. The molecule has 0 aromatic rings. The van der Waals surface area contributed by atoms with E-state index in [9.17, 15) is 19.2 Å². The van der Waals surface area contributed by atoms with Crippen LogP contribution in [0.5, 0.6) is 0 Å². The molecule has 2 aliphatic heterocycles. The third-order valence-electron chi connectivity index (χ3n) is 10.4. The molecule has 2 unspecified atom stereocenters. The van der Waals surface area contributed by atoms with Crippen molar-refractivity contribution < 1.29 is 38.1 Å². The Balaban J connectivity index is 1.11. The zero-order chi connectivity index (χ0) is 40.1. The molecule has 3 rings (SSSR count). The van der Waals surface area contributed by atoms with Gasteiger partial charge in [0.2, 0.25) is 11.8 Å². The smallest absolute Gasteiger partial charge is 0.420 e. The molecule has 0 spiro atoms. The lowest BCUT2D eigenvalue weighted by Crippen LogP contribution is -2.26. The molecular formula is C45H68N2O8. The van der Waals surface area contributed by atoms with Crippen molar-refractivity contribution in [3.8, 4) is 0 Å². The van der Waals surface area contributed by atoms with E-state index in [1.807, 2.05) is 24.3 Å². The predicted molar refractivity (Wildman–Crippen MR) is 217 cm³/mol. The first-order valence-electron chi connectivity index (χ1n) is 20.7. The quantitative estimate of drug-likeness (QED) is 0.0413. The Morgan fingerprint density at radius 1 is 0.582 bits per heavy atom. The number of hydrogen-bond acceptors (Lipinski definition) is 8. The maximum absolute atomic E-state index is 12.4. The van der Waals surface area contributed by atoms with Gasteiger partial charge in [-0.15, -0.1) is 0 Å². The van der Waals surface area contributed by atoms with Crippen LogP contribution < -0.4 is 0 Å². The molecule has 2 amide bonds. The highest BCUT2D eigenvalue weighted by molar-refractivity contribution is 5.87. The van der Waals surface area contributed by atoms with Crippen LogP contribution in [0.2, 0.25) is 0 Å². The van der Waals surface area contributed by atoms with Gasteiger partial charge >= 0.3 is 12.3 Å². The van der Waals surface area contributed by atoms with Gasteiger partial charge in [0.15, 0.2) is 22.7 Å². The molecule has 306 valence electrons. The first kappa shape index (κ1) is 45.3. The first-order chi connectivity index (χ1) is 26.3. The highest BCUT2D eigenvalue weighted by atomic mass is 16.8. The van der Waals surface area contributed by atoms with Crippen LogP contribution in [0.3, 0.4) is 0 Å². The zero-order valence-electron chi connectivity index (χ0n) is 34.5. The summed E-state index contributed by atoms with van der Waals surface area (Å²) in [5.74, 6) is 2.40. The second-order valence-corrected chi connectivity index (χ2v) is 16.1. The summed E-state index contributed by atoms with van der Waals surface area (Å²) in [6, 6.07) is 0. The van der Waals surface area contributed by atoms with Gasteiger partial charge in [-0.3, -0.25) is 9.59 Å². The highest BCUT2D eigenvalue weighted by Gasteiger charge is 2.39. The van der Waals surface area contributed by atoms with Crippen molar-refractivity contribution in [2.24, 2.45) is 11.8 Å². The molecule has 1 saturated carbocycles. The van der Waals surface area contributed by atoms with Crippen LogP contribution in [-0.2, 0) is 28.5 Å². The van der Waals surface area contributed by atoms with Gasteiger partial charge in [-0.05, 0) is 147 Å². The molecule has 0 aromatic heterocycles. The van der Waals surface area contributed by atoms with Gasteiger partial charge in [-0.2, -0.15) is 0 Å². The molecule has 3 fully saturated rings. The Morgan fingerprint density at radius 2 is 0.945 bits per heavy atom. The van der Waals surface area contributed by atoms with Crippen molar-refractivity contribution >= 4 is 24.1 Å². The third kappa shape index (κ3) is 17.5. The van der Waals surface area contributed by atoms with E-state index in [1.165, 1.54) is 57.8 Å². The Hall–Kier alpha value is -4.08. The Morgan fingerprint density at radius 3 is 1.29 bits per heavy atom. The number of cyclic esters (lactones) is 4. The van der Waals surface area contributed by atoms with Gasteiger partial charge in [-0.25, -0.2) is 9.59 Å². The number of unbranched alkanes of at least 4 members (excludes halogenated alkanes) is 10. The number of carbonyl (C=O) groups is 4. The summed E-state index contributed by atoms with van der Waals surface area (Å²) in [4.78, 5) is 50.8. The van der Waals surface area contributed by atoms with Crippen LogP contribution in [0.25, 0.3) is 0 Å². The van der Waals surface area contributed by atoms with Gasteiger partial charge in [0.05, 0.1) is 0 Å². The summed E-state index contributed by atoms with van der Waals surface area (Å²) in [6.07, 6.45) is 37.8. The van der Waals surface area contributed by atoms with E-state index in [4.69, 9.17) is 18.9 Å². The van der Waals surface area contributed by atoms with E-state index in [0.717, 1.165) is 38.5 Å². The van der Waals surface area contributed by atoms with Crippen molar-refractivity contribution in [1.82, 2.24) is 9.80 Å². The Bertz CT molecular complexity index is 1330. The average molecular weight is 765 g/mol. The van der Waals surface area contributed by atoms with Gasteiger partial charge in [0, 0.05) is 27.2 Å². The van der Waals surface area contributed by atoms with Crippen LogP contribution in [0.4, 0.5) is 9.59 Å². The molecule has 0 bridgehead atoms. The van der Waals surface area contributed by atoms with Gasteiger partial charge in [0.1, 0.15) is 0 Å². The maximum atomic E-state index is 12.4. The minimum atomic E-state index is -0.754. The van der Waals surface area contributed by atoms with Gasteiger partial charge < -0.3 is 28.7 Å². The Labute approximate surface area is 330 Å². The molecule has 10 nitrogen and oxygen atoms in total. The SMILES string of the molecule is CN(CC/C=C1/OC(=O)OC1(C)C)C(=O)C=CCCCCCCC=CC1CCC(C=CCCCCCCC=CC(=O)N(C)CC/C=C2/OC(=O)OC2(C)C)C1. The number of allylic oxidation sites excluding steroid dienone is 6. The fourth-order valence-corrected chi connectivity index (χ4v) is 6.92. The number of amides is 2. The fourth-order valence-electron chi connectivity index (χ4n) is 6.92. The molecule has 1 aliphatic carbocycles. The topological polar surface area (TPSA) is 112 Å². The number of hydrogen-bond donors (Lipinski definition) is 0. The molecule has 3 aliphatic rings. The van der Waals surface area contributed by atoms with Crippen molar-refractivity contribution in [1.29, 1.82) is 0 Å². The second-order valence-electron chi connectivity index (χ2n) is 16.1. The summed E-state index contributed by atoms with van der Waals surface area (Å²) in [5.41, 5.74) is -1.51. The molecular weight excluding hydrogens is 697 g/mol. The van der Waals surface area contributed by atoms with E-state index in [2.05, 4.69) is 24.3 Å². The molecule has 2 heterocycles. The number of likely N-dealkylation sites (N-methyl/N-ethyl adjacent to an activating group) is 2. The molecule has 0 N–H and O–H groups in total. The number of carbonyl (C=O) groups excluding carboxylic acids is 4. The normalized spacial score (nSPS) is 22.0. The zero-order valence-corrected chi connectivity index (χ0v) is 34.5. The molecule has 0 aromatic carbocycles. The summed E-state index contributed by atoms with van der Waals surface area (Å²) in [5, 5.41) is 0. The Kier molecular flexibility index (Phi) is 19.6. The lowest BCUT2D eigenvalue weighted by Gasteiger charge is -2.16. The standard InChI is InChI=1S/C45H68N2O8/c1-44(2)38(52-42(50)54-44)27-23-33-46(5)40(48)29-21-17-13-9-7-11-15-19-25-36-31-32-37(35-36)26-20-16-12-8-10-14-18-22-30-41(49)47(6)34-24-28-39-45(3,4)55-43(51)53-39/h19-22,25-30,36-37H,7-18,23-24,31-35H2,1-6H3/b25-19?,26-20?,29-21?,30-22?,38-27+,39-28+. The third-order valence-corrected chi connectivity index (χ3v) is 10.4. The maximum Gasteiger partial charge on any atom is 0.514 e. The van der Waals surface area contributed by atoms with Crippen molar-refractivity contribution in [3.63, 3.8) is 0 Å². The van der Waals surface area contributed by atoms with E-state index in [-0.39, 0.29) is 11.8 Å². The van der Waals surface area contributed by atoms with Crippen LogP contribution in [0, 0.1) is 11.8 Å². The molecule has 2 atom stereocenters. The molecule has 55 heavy (non-hydrogen) atoms. The lowest BCUT2D eigenvalue weighted by molar-refractivity contribution is -0.125. The van der Waals surface area contributed by atoms with E-state index in [0.29, 0.717) is 49.3 Å². The predicted octanol–water partition coefficient (Wildman–Crippen LogP) is 10.7. The van der Waals surface area contributed by atoms with E-state index < -0.39 is 23.5 Å². The lowest BCUT2D eigenvalue weighted by atomic mass is 10.0. The summed E-state index contributed by atoms with van der Waals surface area (Å²) in [6.45, 7) is 8.22. The number of ether oxygens (including phenoxy) is 4. The van der Waals surface area contributed by atoms with Crippen LogP contribution >= 0.6 is 0 Å². The monoisotopic (exact) mass is 764 g/mol. The van der Waals surface area contributed by atoms with Crippen molar-refractivity contribution in [2.45, 2.75) is 148 Å². The summed E-state index contributed by atoms with van der Waals surface area (Å²) in [7, 11) is 3.56. The highest BCUT2D eigenvalue weighted by Crippen LogP contribution is 2.33. The van der Waals surface area contributed by atoms with Crippen LogP contribution in [-0.4, -0.2) is 72.3 Å². The fraction of sp³-hybridized carbons (Fsp3) is 0.644.